The van der Waals surface area contributed by atoms with Crippen molar-refractivity contribution >= 4 is 40.1 Å². The first kappa shape index (κ1) is 18.8. The molecule has 2 amide bonds. The first-order chi connectivity index (χ1) is 13.8. The molecule has 0 N–H and O–H groups in total. The molecule has 0 aliphatic carbocycles. The van der Waals surface area contributed by atoms with Gasteiger partial charge in [0.05, 0.1) is 17.0 Å². The van der Waals surface area contributed by atoms with Crippen molar-refractivity contribution < 1.29 is 18.9 Å². The molecule has 9 heteroatoms. The number of hydrogen-bond acceptors (Lipinski definition) is 6. The Morgan fingerprint density at radius 1 is 1.10 bits per heavy atom. The van der Waals surface area contributed by atoms with Gasteiger partial charge in [-0.1, -0.05) is 24.6 Å². The highest BCUT2D eigenvalue weighted by atomic mass is 35.5. The van der Waals surface area contributed by atoms with Crippen molar-refractivity contribution in [1.82, 2.24) is 4.90 Å². The van der Waals surface area contributed by atoms with Crippen LogP contribution in [0.1, 0.15) is 38.8 Å². The van der Waals surface area contributed by atoms with Gasteiger partial charge in [0.15, 0.2) is 0 Å². The van der Waals surface area contributed by atoms with Crippen molar-refractivity contribution in [3.8, 4) is 0 Å². The monoisotopic (exact) mass is 412 g/mol. The summed E-state index contributed by atoms with van der Waals surface area (Å²) in [6.07, 6.45) is 0.630. The average molecular weight is 413 g/mol. The van der Waals surface area contributed by atoms with Gasteiger partial charge in [0, 0.05) is 22.5 Å². The van der Waals surface area contributed by atoms with Gasteiger partial charge in [0.1, 0.15) is 11.1 Å². The normalized spacial score (nSPS) is 13.2. The third kappa shape index (κ3) is 2.98. The summed E-state index contributed by atoms with van der Waals surface area (Å²) in [7, 11) is 0. The number of nitrogens with zero attached hydrogens (tertiary/aromatic N) is 2. The molecule has 0 spiro atoms. The van der Waals surface area contributed by atoms with Crippen LogP contribution in [0.4, 0.5) is 5.69 Å². The van der Waals surface area contributed by atoms with Crippen LogP contribution in [0.25, 0.3) is 11.0 Å². The molecule has 2 aromatic carbocycles. The molecule has 0 bridgehead atoms. The third-order valence-electron chi connectivity index (χ3n) is 4.88. The summed E-state index contributed by atoms with van der Waals surface area (Å²) < 4.78 is 5.24. The Labute approximate surface area is 168 Å². The van der Waals surface area contributed by atoms with E-state index in [9.17, 15) is 24.5 Å². The topological polar surface area (TPSA) is 111 Å². The Kier molecular flexibility index (Phi) is 4.43. The fourth-order valence-corrected chi connectivity index (χ4v) is 3.77. The lowest BCUT2D eigenvalue weighted by molar-refractivity contribution is -0.385. The van der Waals surface area contributed by atoms with Gasteiger partial charge in [-0.25, -0.2) is 4.79 Å². The minimum absolute atomic E-state index is 0.0391. The number of rotatable bonds is 4. The van der Waals surface area contributed by atoms with Gasteiger partial charge >= 0.3 is 5.63 Å². The van der Waals surface area contributed by atoms with E-state index in [0.29, 0.717) is 22.4 Å². The van der Waals surface area contributed by atoms with Gasteiger partial charge in [-0.2, -0.15) is 0 Å². The fourth-order valence-electron chi connectivity index (χ4n) is 3.47. The summed E-state index contributed by atoms with van der Waals surface area (Å²) in [5.74, 6) is -1.44. The molecule has 0 unspecified atom stereocenters. The minimum atomic E-state index is -0.782. The number of fused-ring (bicyclic) bond motifs is 2. The molecule has 0 fully saturated rings. The number of carbonyl (C=O) groups excluding carboxylic acids is 2. The van der Waals surface area contributed by atoms with Gasteiger partial charge < -0.3 is 4.42 Å². The van der Waals surface area contributed by atoms with Crippen LogP contribution in [-0.4, -0.2) is 21.6 Å². The van der Waals surface area contributed by atoms with Crippen LogP contribution in [0.5, 0.6) is 0 Å². The van der Waals surface area contributed by atoms with Crippen molar-refractivity contribution in [1.29, 1.82) is 0 Å². The van der Waals surface area contributed by atoms with Crippen molar-refractivity contribution in [2.75, 3.05) is 0 Å². The molecule has 1 aromatic heterocycles. The molecule has 0 saturated carbocycles. The minimum Gasteiger partial charge on any atom is -0.423 e. The Morgan fingerprint density at radius 2 is 1.86 bits per heavy atom. The van der Waals surface area contributed by atoms with Gasteiger partial charge in [-0.15, -0.1) is 0 Å². The SMILES string of the molecule is CCc1cc2oc(=O)cc(CN3C(=O)c4cccc([N+](=O)[O-])c4C3=O)c2cc1Cl. The highest BCUT2D eigenvalue weighted by Crippen LogP contribution is 2.33. The second-order valence-electron chi connectivity index (χ2n) is 6.54. The molecular weight excluding hydrogens is 400 g/mol. The van der Waals surface area contributed by atoms with Crippen molar-refractivity contribution in [3.63, 3.8) is 0 Å². The lowest BCUT2D eigenvalue weighted by atomic mass is 10.1. The number of aryl methyl sites for hydroxylation is 1. The first-order valence-corrected chi connectivity index (χ1v) is 9.08. The van der Waals surface area contributed by atoms with Crippen molar-refractivity contribution in [2.24, 2.45) is 0 Å². The molecule has 0 saturated heterocycles. The molecule has 8 nitrogen and oxygen atoms in total. The van der Waals surface area contributed by atoms with Crippen LogP contribution in [0.15, 0.2) is 45.6 Å². The summed E-state index contributed by atoms with van der Waals surface area (Å²) >= 11 is 6.28. The van der Waals surface area contributed by atoms with E-state index in [1.807, 2.05) is 6.92 Å². The van der Waals surface area contributed by atoms with E-state index >= 15 is 0 Å². The fraction of sp³-hybridized carbons (Fsp3) is 0.150. The maximum Gasteiger partial charge on any atom is 0.336 e. The van der Waals surface area contributed by atoms with Crippen LogP contribution in [0, 0.1) is 10.1 Å². The maximum atomic E-state index is 12.8. The van der Waals surface area contributed by atoms with Crippen LogP contribution in [0.2, 0.25) is 5.02 Å². The standard InChI is InChI=1S/C20H13ClN2O6/c1-2-10-6-16-13(8-14(10)21)11(7-17(24)29-16)9-22-19(25)12-4-3-5-15(23(27)28)18(12)20(22)26/h3-8H,2,9H2,1H3. The van der Waals surface area contributed by atoms with Crippen LogP contribution in [-0.2, 0) is 13.0 Å². The van der Waals surface area contributed by atoms with Gasteiger partial charge in [0.2, 0.25) is 0 Å². The van der Waals surface area contributed by atoms with Crippen LogP contribution < -0.4 is 5.63 Å². The van der Waals surface area contributed by atoms with Crippen LogP contribution >= 0.6 is 11.6 Å². The van der Waals surface area contributed by atoms with Gasteiger partial charge in [0.25, 0.3) is 17.5 Å². The zero-order valence-corrected chi connectivity index (χ0v) is 15.9. The zero-order chi connectivity index (χ0) is 20.9. The second kappa shape index (κ2) is 6.82. The first-order valence-electron chi connectivity index (χ1n) is 8.70. The summed E-state index contributed by atoms with van der Waals surface area (Å²) in [6.45, 7) is 1.66. The number of nitro groups is 1. The van der Waals surface area contributed by atoms with Crippen molar-refractivity contribution in [3.05, 3.63) is 84.2 Å². The molecule has 146 valence electrons. The number of hydrogen-bond donors (Lipinski definition) is 0. The number of nitro benzene ring substituents is 1. The smallest absolute Gasteiger partial charge is 0.336 e. The second-order valence-corrected chi connectivity index (χ2v) is 6.94. The lowest BCUT2D eigenvalue weighted by Crippen LogP contribution is -2.29. The van der Waals surface area contributed by atoms with E-state index < -0.39 is 28.1 Å². The molecule has 29 heavy (non-hydrogen) atoms. The Hall–Kier alpha value is -3.52. The number of carbonyl (C=O) groups is 2. The molecule has 1 aliphatic heterocycles. The molecule has 3 aromatic rings. The van der Waals surface area contributed by atoms with E-state index in [1.54, 1.807) is 12.1 Å². The zero-order valence-electron chi connectivity index (χ0n) is 15.1. The Balaban J connectivity index is 1.82. The predicted octanol–water partition coefficient (Wildman–Crippen LogP) is 3.71. The number of benzene rings is 2. The average Bonchev–Trinajstić information content (AvgIpc) is 2.93. The summed E-state index contributed by atoms with van der Waals surface area (Å²) in [6, 6.07) is 8.34. The van der Waals surface area contributed by atoms with E-state index in [0.717, 1.165) is 10.5 Å². The van der Waals surface area contributed by atoms with E-state index in [2.05, 4.69) is 0 Å². The lowest BCUT2D eigenvalue weighted by Gasteiger charge is -2.15. The Bertz CT molecular complexity index is 1280. The highest BCUT2D eigenvalue weighted by Gasteiger charge is 2.41. The van der Waals surface area contributed by atoms with E-state index in [-0.39, 0.29) is 23.3 Å². The van der Waals surface area contributed by atoms with E-state index in [1.165, 1.54) is 24.3 Å². The number of halogens is 1. The van der Waals surface area contributed by atoms with Gasteiger partial charge in [-0.05, 0) is 35.7 Å². The molecule has 4 rings (SSSR count). The number of imide groups is 1. The molecule has 0 atom stereocenters. The van der Waals surface area contributed by atoms with Gasteiger partial charge in [-0.3, -0.25) is 24.6 Å². The van der Waals surface area contributed by atoms with E-state index in [4.69, 9.17) is 16.0 Å². The quantitative estimate of drug-likeness (QED) is 0.279. The predicted molar refractivity (Wildman–Crippen MR) is 104 cm³/mol. The molecule has 2 heterocycles. The Morgan fingerprint density at radius 3 is 2.55 bits per heavy atom. The number of amides is 2. The van der Waals surface area contributed by atoms with Crippen molar-refractivity contribution in [2.45, 2.75) is 19.9 Å². The highest BCUT2D eigenvalue weighted by molar-refractivity contribution is 6.32. The third-order valence-corrected chi connectivity index (χ3v) is 5.23. The summed E-state index contributed by atoms with van der Waals surface area (Å²) in [5, 5.41) is 12.2. The summed E-state index contributed by atoms with van der Waals surface area (Å²) in [4.78, 5) is 49.0. The molecule has 0 radical (unpaired) electrons. The molecular formula is C20H13ClN2O6. The largest absolute Gasteiger partial charge is 0.423 e. The molecule has 1 aliphatic rings. The maximum absolute atomic E-state index is 12.8. The summed E-state index contributed by atoms with van der Waals surface area (Å²) in [5.41, 5.74) is 0.0739. The van der Waals surface area contributed by atoms with Crippen LogP contribution in [0.3, 0.4) is 0 Å².